The highest BCUT2D eigenvalue weighted by molar-refractivity contribution is 6.32. The molecule has 2 aromatic rings. The molecule has 2 aromatic carbocycles. The number of aromatic hydroxyl groups is 1. The average Bonchev–Trinajstić information content (AvgIpc) is 2.40. The van der Waals surface area contributed by atoms with E-state index in [4.69, 9.17) is 21.1 Å². The third kappa shape index (κ3) is 2.22. The third-order valence-electron chi connectivity index (χ3n) is 2.68. The minimum atomic E-state index is 0.101. The fourth-order valence-electron chi connectivity index (χ4n) is 1.75. The molecule has 0 aliphatic rings. The summed E-state index contributed by atoms with van der Waals surface area (Å²) in [6, 6.07) is 10.6. The Morgan fingerprint density at radius 2 is 1.72 bits per heavy atom. The van der Waals surface area contributed by atoms with E-state index in [0.29, 0.717) is 22.1 Å². The van der Waals surface area contributed by atoms with Crippen molar-refractivity contribution < 1.29 is 14.6 Å². The van der Waals surface area contributed by atoms with Crippen molar-refractivity contribution >= 4 is 11.6 Å². The van der Waals surface area contributed by atoms with E-state index in [-0.39, 0.29) is 5.75 Å². The van der Waals surface area contributed by atoms with Crippen molar-refractivity contribution in [3.8, 4) is 28.4 Å². The third-order valence-corrected chi connectivity index (χ3v) is 2.99. The largest absolute Gasteiger partial charge is 0.504 e. The van der Waals surface area contributed by atoms with Crippen molar-refractivity contribution in [2.75, 3.05) is 14.2 Å². The molecule has 0 aliphatic carbocycles. The summed E-state index contributed by atoms with van der Waals surface area (Å²) >= 11 is 5.97. The summed E-state index contributed by atoms with van der Waals surface area (Å²) < 4.78 is 10.2. The Kier molecular flexibility index (Phi) is 3.63. The number of hydrogen-bond acceptors (Lipinski definition) is 3. The number of phenols is 1. The van der Waals surface area contributed by atoms with Gasteiger partial charge in [0.05, 0.1) is 19.2 Å². The van der Waals surface area contributed by atoms with Gasteiger partial charge in [0, 0.05) is 5.56 Å². The van der Waals surface area contributed by atoms with Gasteiger partial charge in [-0.25, -0.2) is 0 Å². The standard InChI is InChI=1S/C14H13ClO3/c1-17-12-5-3-4-10(14(12)16)9-6-7-11(15)13(8-9)18-2/h3-8,16H,1-2H3. The number of hydrogen-bond donors (Lipinski definition) is 1. The van der Waals surface area contributed by atoms with Crippen LogP contribution in [0.3, 0.4) is 0 Å². The predicted octanol–water partition coefficient (Wildman–Crippen LogP) is 3.73. The summed E-state index contributed by atoms with van der Waals surface area (Å²) in [5.41, 5.74) is 1.48. The van der Waals surface area contributed by atoms with Gasteiger partial charge in [0.1, 0.15) is 5.75 Å². The summed E-state index contributed by atoms with van der Waals surface area (Å²) in [5.74, 6) is 1.10. The first-order valence-corrected chi connectivity index (χ1v) is 5.75. The lowest BCUT2D eigenvalue weighted by Gasteiger charge is -2.10. The molecule has 3 nitrogen and oxygen atoms in total. The molecule has 0 heterocycles. The van der Waals surface area contributed by atoms with Gasteiger partial charge in [0.15, 0.2) is 11.5 Å². The Morgan fingerprint density at radius 1 is 1.00 bits per heavy atom. The van der Waals surface area contributed by atoms with E-state index in [0.717, 1.165) is 5.56 Å². The quantitative estimate of drug-likeness (QED) is 0.918. The predicted molar refractivity (Wildman–Crippen MR) is 71.7 cm³/mol. The van der Waals surface area contributed by atoms with Gasteiger partial charge in [-0.1, -0.05) is 29.8 Å². The number of phenolic OH excluding ortho intramolecular Hbond substituents is 1. The van der Waals surface area contributed by atoms with Crippen LogP contribution in [0.25, 0.3) is 11.1 Å². The van der Waals surface area contributed by atoms with Crippen LogP contribution in [0, 0.1) is 0 Å². The first-order valence-electron chi connectivity index (χ1n) is 5.37. The molecule has 0 radical (unpaired) electrons. The van der Waals surface area contributed by atoms with E-state index < -0.39 is 0 Å². The molecule has 4 heteroatoms. The van der Waals surface area contributed by atoms with Crippen LogP contribution in [0.15, 0.2) is 36.4 Å². The van der Waals surface area contributed by atoms with Gasteiger partial charge in [0.25, 0.3) is 0 Å². The minimum Gasteiger partial charge on any atom is -0.504 e. The van der Waals surface area contributed by atoms with Gasteiger partial charge in [-0.3, -0.25) is 0 Å². The first kappa shape index (κ1) is 12.6. The molecule has 0 amide bonds. The van der Waals surface area contributed by atoms with Crippen molar-refractivity contribution in [2.24, 2.45) is 0 Å². The molecule has 0 saturated carbocycles. The smallest absolute Gasteiger partial charge is 0.165 e. The molecule has 0 aliphatic heterocycles. The number of halogens is 1. The van der Waals surface area contributed by atoms with Gasteiger partial charge in [-0.15, -0.1) is 0 Å². The second kappa shape index (κ2) is 5.19. The summed E-state index contributed by atoms with van der Waals surface area (Å²) in [7, 11) is 3.07. The Balaban J connectivity index is 2.55. The van der Waals surface area contributed by atoms with E-state index in [2.05, 4.69) is 0 Å². The van der Waals surface area contributed by atoms with Crippen molar-refractivity contribution in [3.05, 3.63) is 41.4 Å². The number of ether oxygens (including phenoxy) is 2. The number of para-hydroxylation sites is 1. The Bertz CT molecular complexity index is 567. The topological polar surface area (TPSA) is 38.7 Å². The Labute approximate surface area is 111 Å². The molecule has 0 spiro atoms. The molecule has 0 unspecified atom stereocenters. The van der Waals surface area contributed by atoms with Crippen LogP contribution in [0.4, 0.5) is 0 Å². The average molecular weight is 265 g/mol. The zero-order chi connectivity index (χ0) is 13.1. The van der Waals surface area contributed by atoms with E-state index in [1.807, 2.05) is 12.1 Å². The number of methoxy groups -OCH3 is 2. The van der Waals surface area contributed by atoms with E-state index in [1.165, 1.54) is 7.11 Å². The molecule has 0 fully saturated rings. The molecule has 1 N–H and O–H groups in total. The second-order valence-electron chi connectivity index (χ2n) is 3.71. The van der Waals surface area contributed by atoms with E-state index in [9.17, 15) is 5.11 Å². The van der Waals surface area contributed by atoms with Crippen LogP contribution in [-0.4, -0.2) is 19.3 Å². The van der Waals surface area contributed by atoms with Crippen LogP contribution in [0.1, 0.15) is 0 Å². The van der Waals surface area contributed by atoms with Gasteiger partial charge >= 0.3 is 0 Å². The SMILES string of the molecule is COc1cc(-c2cccc(OC)c2O)ccc1Cl. The zero-order valence-corrected chi connectivity index (χ0v) is 10.9. The van der Waals surface area contributed by atoms with Crippen LogP contribution < -0.4 is 9.47 Å². The maximum atomic E-state index is 10.1. The lowest BCUT2D eigenvalue weighted by Crippen LogP contribution is -1.88. The van der Waals surface area contributed by atoms with Crippen LogP contribution in [0.2, 0.25) is 5.02 Å². The first-order chi connectivity index (χ1) is 8.67. The summed E-state index contributed by atoms with van der Waals surface area (Å²) in [6.07, 6.45) is 0. The number of rotatable bonds is 3. The van der Waals surface area contributed by atoms with Crippen LogP contribution >= 0.6 is 11.6 Å². The van der Waals surface area contributed by atoms with Gasteiger partial charge in [0.2, 0.25) is 0 Å². The highest BCUT2D eigenvalue weighted by Gasteiger charge is 2.11. The Hall–Kier alpha value is -1.87. The van der Waals surface area contributed by atoms with Crippen molar-refractivity contribution in [1.29, 1.82) is 0 Å². The highest BCUT2D eigenvalue weighted by atomic mass is 35.5. The molecule has 0 aromatic heterocycles. The normalized spacial score (nSPS) is 10.2. The summed E-state index contributed by atoms with van der Waals surface area (Å²) in [6.45, 7) is 0. The molecule has 0 bridgehead atoms. The monoisotopic (exact) mass is 264 g/mol. The second-order valence-corrected chi connectivity index (χ2v) is 4.11. The van der Waals surface area contributed by atoms with Gasteiger partial charge in [-0.05, 0) is 23.8 Å². The van der Waals surface area contributed by atoms with Crippen molar-refractivity contribution in [1.82, 2.24) is 0 Å². The lowest BCUT2D eigenvalue weighted by atomic mass is 10.0. The zero-order valence-electron chi connectivity index (χ0n) is 10.1. The Morgan fingerprint density at radius 3 is 2.39 bits per heavy atom. The molecular formula is C14H13ClO3. The molecular weight excluding hydrogens is 252 g/mol. The fraction of sp³-hybridized carbons (Fsp3) is 0.143. The number of benzene rings is 2. The summed E-state index contributed by atoms with van der Waals surface area (Å²) in [5, 5.41) is 10.6. The fourth-order valence-corrected chi connectivity index (χ4v) is 1.94. The molecule has 94 valence electrons. The van der Waals surface area contributed by atoms with Gasteiger partial charge < -0.3 is 14.6 Å². The maximum absolute atomic E-state index is 10.1. The molecule has 0 atom stereocenters. The molecule has 18 heavy (non-hydrogen) atoms. The van der Waals surface area contributed by atoms with Gasteiger partial charge in [-0.2, -0.15) is 0 Å². The lowest BCUT2D eigenvalue weighted by molar-refractivity contribution is 0.374. The van der Waals surface area contributed by atoms with Crippen molar-refractivity contribution in [2.45, 2.75) is 0 Å². The highest BCUT2D eigenvalue weighted by Crippen LogP contribution is 2.39. The maximum Gasteiger partial charge on any atom is 0.165 e. The summed E-state index contributed by atoms with van der Waals surface area (Å²) in [4.78, 5) is 0. The van der Waals surface area contributed by atoms with Crippen LogP contribution in [0.5, 0.6) is 17.2 Å². The molecule has 2 rings (SSSR count). The van der Waals surface area contributed by atoms with Crippen molar-refractivity contribution in [3.63, 3.8) is 0 Å². The van der Waals surface area contributed by atoms with Crippen LogP contribution in [-0.2, 0) is 0 Å². The minimum absolute atomic E-state index is 0.101. The van der Waals surface area contributed by atoms with E-state index in [1.54, 1.807) is 31.4 Å². The van der Waals surface area contributed by atoms with E-state index >= 15 is 0 Å². The molecule has 0 saturated heterocycles.